The Morgan fingerprint density at radius 2 is 1.85 bits per heavy atom. The highest BCUT2D eigenvalue weighted by Crippen LogP contribution is 2.23. The van der Waals surface area contributed by atoms with E-state index in [0.29, 0.717) is 33.3 Å². The summed E-state index contributed by atoms with van der Waals surface area (Å²) < 4.78 is 25.7. The molecule has 2 rings (SSSR count). The van der Waals surface area contributed by atoms with Gasteiger partial charge in [0.15, 0.2) is 5.96 Å². The average Bonchev–Trinajstić information content (AvgIpc) is 3.06. The number of rotatable bonds is 6. The maximum absolute atomic E-state index is 12.1. The van der Waals surface area contributed by atoms with Gasteiger partial charge in [0.1, 0.15) is 4.21 Å². The molecule has 0 bridgehead atoms. The van der Waals surface area contributed by atoms with Crippen molar-refractivity contribution in [2.75, 3.05) is 21.1 Å². The van der Waals surface area contributed by atoms with Crippen LogP contribution in [0, 0.1) is 0 Å². The highest BCUT2D eigenvalue weighted by atomic mass is 35.5. The van der Waals surface area contributed by atoms with Gasteiger partial charge in [-0.2, -0.15) is 0 Å². The van der Waals surface area contributed by atoms with Crippen molar-refractivity contribution in [3.8, 4) is 0 Å². The minimum Gasteiger partial charge on any atom is -0.352 e. The largest absolute Gasteiger partial charge is 0.352 e. The molecule has 10 heteroatoms. The summed E-state index contributed by atoms with van der Waals surface area (Å²) in [5.41, 5.74) is 0.898. The molecule has 0 saturated carbocycles. The van der Waals surface area contributed by atoms with Crippen LogP contribution in [0.15, 0.2) is 39.5 Å². The fourth-order valence-corrected chi connectivity index (χ4v) is 4.95. The van der Waals surface area contributed by atoms with Gasteiger partial charge in [-0.15, -0.1) is 11.3 Å². The second kappa shape index (κ2) is 9.05. The van der Waals surface area contributed by atoms with Crippen molar-refractivity contribution in [2.45, 2.75) is 17.3 Å². The first-order chi connectivity index (χ1) is 12.2. The topological polar surface area (TPSA) is 73.8 Å². The maximum atomic E-state index is 12.1. The SMILES string of the molecule is CN=C(NCc1ccc(S(=O)(=O)N(C)C)s1)NCc1ccc(Cl)cc1Cl. The van der Waals surface area contributed by atoms with E-state index in [4.69, 9.17) is 23.2 Å². The first-order valence-electron chi connectivity index (χ1n) is 7.63. The van der Waals surface area contributed by atoms with Crippen LogP contribution in [-0.4, -0.2) is 39.8 Å². The number of thiophene rings is 1. The zero-order valence-corrected chi connectivity index (χ0v) is 17.7. The second-order valence-electron chi connectivity index (χ2n) is 5.52. The quantitative estimate of drug-likeness (QED) is 0.540. The van der Waals surface area contributed by atoms with Crippen molar-refractivity contribution in [1.82, 2.24) is 14.9 Å². The fourth-order valence-electron chi connectivity index (χ4n) is 2.01. The lowest BCUT2D eigenvalue weighted by atomic mass is 10.2. The summed E-state index contributed by atoms with van der Waals surface area (Å²) in [5, 5.41) is 7.48. The van der Waals surface area contributed by atoms with Gasteiger partial charge in [0.25, 0.3) is 10.0 Å². The van der Waals surface area contributed by atoms with Crippen molar-refractivity contribution in [1.29, 1.82) is 0 Å². The van der Waals surface area contributed by atoms with Crippen LogP contribution in [0.1, 0.15) is 10.4 Å². The highest BCUT2D eigenvalue weighted by Gasteiger charge is 2.19. The Bertz CT molecular complexity index is 895. The van der Waals surface area contributed by atoms with Gasteiger partial charge in [-0.05, 0) is 29.8 Å². The smallest absolute Gasteiger partial charge is 0.252 e. The van der Waals surface area contributed by atoms with Gasteiger partial charge >= 0.3 is 0 Å². The van der Waals surface area contributed by atoms with Crippen LogP contribution >= 0.6 is 34.5 Å². The molecule has 1 heterocycles. The summed E-state index contributed by atoms with van der Waals surface area (Å²) in [5.74, 6) is 0.585. The number of halogens is 2. The average molecular weight is 435 g/mol. The van der Waals surface area contributed by atoms with E-state index in [2.05, 4.69) is 15.6 Å². The van der Waals surface area contributed by atoms with Crippen molar-refractivity contribution < 1.29 is 8.42 Å². The number of nitrogens with one attached hydrogen (secondary N) is 2. The number of sulfonamides is 1. The van der Waals surface area contributed by atoms with E-state index in [-0.39, 0.29) is 0 Å². The standard InChI is InChI=1S/C16H20Cl2N4O2S2/c1-19-16(20-9-11-4-5-12(17)8-14(11)18)21-10-13-6-7-15(25-13)26(23,24)22(2)3/h4-8H,9-10H2,1-3H3,(H2,19,20,21). The third kappa shape index (κ3) is 5.34. The normalized spacial score (nSPS) is 12.5. The summed E-state index contributed by atoms with van der Waals surface area (Å²) in [6.07, 6.45) is 0. The number of aliphatic imine (C=N–C) groups is 1. The van der Waals surface area contributed by atoms with Gasteiger partial charge in [-0.3, -0.25) is 4.99 Å². The van der Waals surface area contributed by atoms with Crippen LogP contribution in [0.5, 0.6) is 0 Å². The van der Waals surface area contributed by atoms with Gasteiger partial charge < -0.3 is 10.6 Å². The number of nitrogens with zero attached hydrogens (tertiary/aromatic N) is 2. The van der Waals surface area contributed by atoms with Gasteiger partial charge in [-0.1, -0.05) is 29.3 Å². The van der Waals surface area contributed by atoms with E-state index in [0.717, 1.165) is 10.4 Å². The molecular formula is C16H20Cl2N4O2S2. The molecule has 0 atom stereocenters. The Morgan fingerprint density at radius 1 is 1.15 bits per heavy atom. The van der Waals surface area contributed by atoms with Crippen molar-refractivity contribution >= 4 is 50.5 Å². The minimum atomic E-state index is -3.40. The Labute approximate surface area is 167 Å². The van der Waals surface area contributed by atoms with E-state index < -0.39 is 10.0 Å². The lowest BCUT2D eigenvalue weighted by Crippen LogP contribution is -2.36. The monoisotopic (exact) mass is 434 g/mol. The third-order valence-electron chi connectivity index (χ3n) is 3.49. The molecule has 0 unspecified atom stereocenters. The molecule has 1 aromatic carbocycles. The van der Waals surface area contributed by atoms with E-state index in [1.807, 2.05) is 6.07 Å². The number of benzene rings is 1. The van der Waals surface area contributed by atoms with E-state index in [9.17, 15) is 8.42 Å². The molecule has 2 aromatic rings. The first kappa shape index (κ1) is 21.0. The fraction of sp³-hybridized carbons (Fsp3) is 0.312. The van der Waals surface area contributed by atoms with Crippen LogP contribution in [0.2, 0.25) is 10.0 Å². The molecular weight excluding hydrogens is 415 g/mol. The van der Waals surface area contributed by atoms with E-state index in [1.54, 1.807) is 31.3 Å². The summed E-state index contributed by atoms with van der Waals surface area (Å²) in [4.78, 5) is 5.04. The molecule has 0 aliphatic rings. The molecule has 0 spiro atoms. The third-order valence-corrected chi connectivity index (χ3v) is 7.44. The van der Waals surface area contributed by atoms with Gasteiger partial charge in [0.05, 0.1) is 6.54 Å². The Kier molecular flexibility index (Phi) is 7.31. The van der Waals surface area contributed by atoms with Crippen LogP contribution in [0.25, 0.3) is 0 Å². The van der Waals surface area contributed by atoms with E-state index in [1.165, 1.54) is 29.7 Å². The maximum Gasteiger partial charge on any atom is 0.252 e. The molecule has 6 nitrogen and oxygen atoms in total. The Hall–Kier alpha value is -1.32. The Morgan fingerprint density at radius 3 is 2.46 bits per heavy atom. The van der Waals surface area contributed by atoms with Crippen molar-refractivity contribution in [3.63, 3.8) is 0 Å². The predicted octanol–water partition coefficient (Wildman–Crippen LogP) is 3.17. The van der Waals surface area contributed by atoms with Crippen molar-refractivity contribution in [3.05, 3.63) is 50.8 Å². The molecule has 2 N–H and O–H groups in total. The molecule has 0 aliphatic carbocycles. The molecule has 26 heavy (non-hydrogen) atoms. The molecule has 0 fully saturated rings. The summed E-state index contributed by atoms with van der Waals surface area (Å²) in [7, 11) is 1.29. The number of hydrogen-bond acceptors (Lipinski definition) is 4. The lowest BCUT2D eigenvalue weighted by molar-refractivity contribution is 0.523. The predicted molar refractivity (Wildman–Crippen MR) is 109 cm³/mol. The molecule has 1 aromatic heterocycles. The van der Waals surface area contributed by atoms with Crippen LogP contribution in [0.4, 0.5) is 0 Å². The van der Waals surface area contributed by atoms with Gasteiger partial charge in [0.2, 0.25) is 0 Å². The summed E-state index contributed by atoms with van der Waals surface area (Å²) >= 11 is 13.3. The molecule has 0 saturated heterocycles. The summed E-state index contributed by atoms with van der Waals surface area (Å²) in [6.45, 7) is 0.946. The lowest BCUT2D eigenvalue weighted by Gasteiger charge is -2.12. The summed E-state index contributed by atoms with van der Waals surface area (Å²) in [6, 6.07) is 8.72. The van der Waals surface area contributed by atoms with Crippen LogP contribution in [0.3, 0.4) is 0 Å². The first-order valence-corrected chi connectivity index (χ1v) is 10.6. The molecule has 142 valence electrons. The van der Waals surface area contributed by atoms with Crippen LogP contribution < -0.4 is 10.6 Å². The van der Waals surface area contributed by atoms with Crippen molar-refractivity contribution in [2.24, 2.45) is 4.99 Å². The zero-order valence-electron chi connectivity index (χ0n) is 14.6. The highest BCUT2D eigenvalue weighted by molar-refractivity contribution is 7.91. The minimum absolute atomic E-state index is 0.315. The zero-order chi connectivity index (χ0) is 19.3. The second-order valence-corrected chi connectivity index (χ2v) is 9.91. The molecule has 0 aliphatic heterocycles. The number of hydrogen-bond donors (Lipinski definition) is 2. The molecule has 0 amide bonds. The Balaban J connectivity index is 1.94. The van der Waals surface area contributed by atoms with E-state index >= 15 is 0 Å². The van der Waals surface area contributed by atoms with Gasteiger partial charge in [-0.25, -0.2) is 12.7 Å². The number of guanidine groups is 1. The van der Waals surface area contributed by atoms with Crippen LogP contribution in [-0.2, 0) is 23.1 Å². The molecule has 0 radical (unpaired) electrons. The van der Waals surface area contributed by atoms with Gasteiger partial charge in [0, 0.05) is 42.6 Å².